The van der Waals surface area contributed by atoms with Gasteiger partial charge in [-0.15, -0.1) is 11.3 Å². The average Bonchev–Trinajstić information content (AvgIpc) is 3.17. The van der Waals surface area contributed by atoms with Gasteiger partial charge in [0, 0.05) is 11.3 Å². The van der Waals surface area contributed by atoms with Gasteiger partial charge >= 0.3 is 0 Å². The minimum absolute atomic E-state index is 0.00974. The molecule has 0 spiro atoms. The van der Waals surface area contributed by atoms with Crippen LogP contribution in [-0.4, -0.2) is 13.4 Å². The number of primary sulfonamides is 1. The van der Waals surface area contributed by atoms with E-state index in [4.69, 9.17) is 10.1 Å². The Hall–Kier alpha value is -2.59. The zero-order chi connectivity index (χ0) is 22.0. The summed E-state index contributed by atoms with van der Waals surface area (Å²) in [4.78, 5) is 5.56. The lowest BCUT2D eigenvalue weighted by molar-refractivity contribution is 0.598. The predicted molar refractivity (Wildman–Crippen MR) is 120 cm³/mol. The molecule has 4 aromatic rings. The predicted octanol–water partition coefficient (Wildman–Crippen LogP) is 5.70. The molecule has 0 radical (unpaired) electrons. The van der Waals surface area contributed by atoms with Crippen LogP contribution in [0.5, 0.6) is 0 Å². The number of thiazole rings is 1. The first kappa shape index (κ1) is 21.6. The third-order valence-corrected chi connectivity index (χ3v) is 7.67. The summed E-state index contributed by atoms with van der Waals surface area (Å²) in [6.45, 7) is 0. The Morgan fingerprint density at radius 2 is 1.58 bits per heavy atom. The van der Waals surface area contributed by atoms with Crippen molar-refractivity contribution in [2.75, 3.05) is 0 Å². The molecule has 9 heteroatoms. The molecule has 0 fully saturated rings. The number of nitrogens with zero attached hydrogens (tertiary/aromatic N) is 1. The summed E-state index contributed by atoms with van der Waals surface area (Å²) < 4.78 is 50.7. The third-order valence-electron chi connectivity index (χ3n) is 4.42. The van der Waals surface area contributed by atoms with Gasteiger partial charge in [-0.25, -0.2) is 27.3 Å². The fraction of sp³-hybridized carbons (Fsp3) is 0.0455. The van der Waals surface area contributed by atoms with E-state index in [0.29, 0.717) is 17.0 Å². The topological polar surface area (TPSA) is 73.1 Å². The Balaban J connectivity index is 1.71. The maximum atomic E-state index is 13.4. The molecule has 1 aromatic heterocycles. The number of rotatable bonds is 6. The Bertz CT molecular complexity index is 1320. The van der Waals surface area contributed by atoms with Crippen LogP contribution in [0.3, 0.4) is 0 Å². The molecule has 2 N–H and O–H groups in total. The lowest BCUT2D eigenvalue weighted by Crippen LogP contribution is -2.11. The van der Waals surface area contributed by atoms with Gasteiger partial charge in [0.25, 0.3) is 0 Å². The van der Waals surface area contributed by atoms with Gasteiger partial charge in [-0.1, -0.05) is 48.2 Å². The number of hydrogen-bond acceptors (Lipinski definition) is 5. The van der Waals surface area contributed by atoms with Crippen LogP contribution < -0.4 is 5.14 Å². The fourth-order valence-corrected chi connectivity index (χ4v) is 5.56. The largest absolute Gasteiger partial charge is 0.238 e. The molecule has 1 heterocycles. The van der Waals surface area contributed by atoms with Crippen molar-refractivity contribution < 1.29 is 17.2 Å². The number of nitrogens with two attached hydrogens (primary N) is 1. The van der Waals surface area contributed by atoms with E-state index in [9.17, 15) is 17.2 Å². The lowest BCUT2D eigenvalue weighted by atomic mass is 10.1. The Labute approximate surface area is 186 Å². The van der Waals surface area contributed by atoms with Gasteiger partial charge in [-0.05, 0) is 47.5 Å². The van der Waals surface area contributed by atoms with E-state index in [1.54, 1.807) is 30.3 Å². The first-order valence-corrected chi connectivity index (χ1v) is 12.4. The van der Waals surface area contributed by atoms with E-state index in [-0.39, 0.29) is 16.5 Å². The number of hydrogen-bond donors (Lipinski definition) is 1. The average molecular weight is 475 g/mol. The molecule has 0 aliphatic rings. The molecule has 0 amide bonds. The van der Waals surface area contributed by atoms with E-state index in [1.165, 1.54) is 59.5 Å². The van der Waals surface area contributed by atoms with Crippen molar-refractivity contribution in [1.82, 2.24) is 4.98 Å². The van der Waals surface area contributed by atoms with Gasteiger partial charge in [0.05, 0.1) is 15.5 Å². The standard InChI is InChI=1S/C22H16F2N2O2S3/c23-17-8-4-16(5-9-17)21-20(15-6-10-19(11-7-15)31(25,27)28)26-22(30-21)29-13-14-2-1-3-18(24)12-14/h1-12H,13H2,(H2,25,27,28). The Morgan fingerprint density at radius 1 is 0.903 bits per heavy atom. The van der Waals surface area contributed by atoms with E-state index >= 15 is 0 Å². The minimum atomic E-state index is -3.80. The second-order valence-corrected chi connectivity index (χ2v) is 10.4. The zero-order valence-electron chi connectivity index (χ0n) is 16.0. The zero-order valence-corrected chi connectivity index (χ0v) is 18.4. The van der Waals surface area contributed by atoms with Crippen molar-refractivity contribution in [3.63, 3.8) is 0 Å². The van der Waals surface area contributed by atoms with Crippen molar-refractivity contribution in [2.24, 2.45) is 5.14 Å². The molecule has 0 unspecified atom stereocenters. The van der Waals surface area contributed by atoms with Crippen LogP contribution in [0.4, 0.5) is 8.78 Å². The molecule has 0 saturated heterocycles. The first-order chi connectivity index (χ1) is 14.8. The molecular formula is C22H16F2N2O2S3. The summed E-state index contributed by atoms with van der Waals surface area (Å²) in [5.41, 5.74) is 2.99. The van der Waals surface area contributed by atoms with Crippen LogP contribution in [0.25, 0.3) is 21.7 Å². The van der Waals surface area contributed by atoms with Crippen LogP contribution in [0.1, 0.15) is 5.56 Å². The van der Waals surface area contributed by atoms with Gasteiger partial charge in [-0.2, -0.15) is 0 Å². The molecule has 3 aromatic carbocycles. The number of benzene rings is 3. The molecule has 4 nitrogen and oxygen atoms in total. The Kier molecular flexibility index (Phi) is 6.19. The summed E-state index contributed by atoms with van der Waals surface area (Å²) in [5.74, 6) is -0.0920. The summed E-state index contributed by atoms with van der Waals surface area (Å²) in [7, 11) is -3.80. The molecule has 0 aliphatic carbocycles. The van der Waals surface area contributed by atoms with Gasteiger partial charge in [-0.3, -0.25) is 0 Å². The molecule has 4 rings (SSSR count). The van der Waals surface area contributed by atoms with Crippen LogP contribution in [0.2, 0.25) is 0 Å². The van der Waals surface area contributed by atoms with Crippen LogP contribution in [0, 0.1) is 11.6 Å². The van der Waals surface area contributed by atoms with E-state index in [0.717, 1.165) is 20.3 Å². The molecule has 158 valence electrons. The van der Waals surface area contributed by atoms with Gasteiger partial charge in [0.2, 0.25) is 10.0 Å². The fourth-order valence-electron chi connectivity index (χ4n) is 2.93. The highest BCUT2D eigenvalue weighted by molar-refractivity contribution is 8.00. The first-order valence-electron chi connectivity index (χ1n) is 9.07. The number of aromatic nitrogens is 1. The second-order valence-electron chi connectivity index (χ2n) is 6.65. The van der Waals surface area contributed by atoms with Crippen molar-refractivity contribution in [3.8, 4) is 21.7 Å². The van der Waals surface area contributed by atoms with E-state index in [2.05, 4.69) is 0 Å². The van der Waals surface area contributed by atoms with Crippen molar-refractivity contribution in [1.29, 1.82) is 0 Å². The van der Waals surface area contributed by atoms with E-state index in [1.807, 2.05) is 6.07 Å². The van der Waals surface area contributed by atoms with Crippen molar-refractivity contribution in [3.05, 3.63) is 90.0 Å². The van der Waals surface area contributed by atoms with Crippen LogP contribution >= 0.6 is 23.1 Å². The quantitative estimate of drug-likeness (QED) is 0.364. The molecule has 0 aliphatic heterocycles. The summed E-state index contributed by atoms with van der Waals surface area (Å²) in [6.07, 6.45) is 0. The molecule has 0 atom stereocenters. The molecule has 31 heavy (non-hydrogen) atoms. The Morgan fingerprint density at radius 3 is 2.23 bits per heavy atom. The van der Waals surface area contributed by atoms with Crippen molar-refractivity contribution >= 4 is 33.1 Å². The van der Waals surface area contributed by atoms with Gasteiger partial charge in [0.15, 0.2) is 4.34 Å². The maximum absolute atomic E-state index is 13.4. The molecule has 0 bridgehead atoms. The van der Waals surface area contributed by atoms with Crippen LogP contribution in [-0.2, 0) is 15.8 Å². The third kappa shape index (κ3) is 5.19. The van der Waals surface area contributed by atoms with Crippen molar-refractivity contribution in [2.45, 2.75) is 15.0 Å². The SMILES string of the molecule is NS(=O)(=O)c1ccc(-c2nc(SCc3cccc(F)c3)sc2-c2ccc(F)cc2)cc1. The minimum Gasteiger partial charge on any atom is -0.229 e. The smallest absolute Gasteiger partial charge is 0.229 e. The second kappa shape index (κ2) is 8.88. The maximum Gasteiger partial charge on any atom is 0.238 e. The van der Waals surface area contributed by atoms with Crippen LogP contribution in [0.15, 0.2) is 82.0 Å². The molecule has 0 saturated carbocycles. The lowest BCUT2D eigenvalue weighted by Gasteiger charge is -2.04. The highest BCUT2D eigenvalue weighted by Crippen LogP contribution is 2.41. The number of sulfonamides is 1. The molecular weight excluding hydrogens is 458 g/mol. The van der Waals surface area contributed by atoms with Gasteiger partial charge < -0.3 is 0 Å². The summed E-state index contributed by atoms with van der Waals surface area (Å²) in [6, 6.07) is 18.6. The van der Waals surface area contributed by atoms with E-state index < -0.39 is 10.0 Å². The highest BCUT2D eigenvalue weighted by atomic mass is 32.2. The normalized spacial score (nSPS) is 11.6. The summed E-state index contributed by atoms with van der Waals surface area (Å²) >= 11 is 2.91. The van der Waals surface area contributed by atoms with Gasteiger partial charge in [0.1, 0.15) is 11.6 Å². The number of thioether (sulfide) groups is 1. The number of halogens is 2. The monoisotopic (exact) mass is 474 g/mol. The summed E-state index contributed by atoms with van der Waals surface area (Å²) in [5, 5.41) is 5.18. The highest BCUT2D eigenvalue weighted by Gasteiger charge is 2.17.